The van der Waals surface area contributed by atoms with Gasteiger partial charge in [0.1, 0.15) is 0 Å². The zero-order valence-electron chi connectivity index (χ0n) is 12.0. The number of nitrogens with zero attached hydrogens (tertiary/aromatic N) is 1. The minimum absolute atomic E-state index is 0.412. The number of aromatic nitrogens is 1. The molecule has 1 aromatic heterocycles. The standard InChI is InChI=1S/C16H19N3O/c1-10-6-11(2)13(12(3)7-10)9-19-15-4-5-18-8-14(15)16(17)20/h4-8H,9H2,1-3H3,(H2,17,20)(H,18,19). The average molecular weight is 269 g/mol. The van der Waals surface area contributed by atoms with Crippen LogP contribution in [-0.2, 0) is 6.54 Å². The maximum Gasteiger partial charge on any atom is 0.252 e. The predicted molar refractivity (Wildman–Crippen MR) is 80.7 cm³/mol. The number of primary amides is 1. The van der Waals surface area contributed by atoms with Gasteiger partial charge in [0.15, 0.2) is 0 Å². The van der Waals surface area contributed by atoms with Gasteiger partial charge in [-0.15, -0.1) is 0 Å². The number of pyridine rings is 1. The van der Waals surface area contributed by atoms with Crippen LogP contribution >= 0.6 is 0 Å². The molecule has 0 atom stereocenters. The van der Waals surface area contributed by atoms with Crippen LogP contribution in [0.1, 0.15) is 32.6 Å². The van der Waals surface area contributed by atoms with Gasteiger partial charge in [0.05, 0.1) is 11.3 Å². The number of benzene rings is 1. The zero-order valence-corrected chi connectivity index (χ0v) is 12.0. The maximum atomic E-state index is 11.4. The fraction of sp³-hybridized carbons (Fsp3) is 0.250. The number of anilines is 1. The molecule has 4 heteroatoms. The molecule has 104 valence electrons. The first-order valence-electron chi connectivity index (χ1n) is 6.53. The summed E-state index contributed by atoms with van der Waals surface area (Å²) in [6.07, 6.45) is 3.13. The highest BCUT2D eigenvalue weighted by molar-refractivity contribution is 5.98. The summed E-state index contributed by atoms with van der Waals surface area (Å²) < 4.78 is 0. The van der Waals surface area contributed by atoms with Crippen molar-refractivity contribution in [2.75, 3.05) is 5.32 Å². The van der Waals surface area contributed by atoms with E-state index < -0.39 is 5.91 Å². The molecule has 2 rings (SSSR count). The van der Waals surface area contributed by atoms with Crippen molar-refractivity contribution in [1.82, 2.24) is 4.98 Å². The zero-order chi connectivity index (χ0) is 14.7. The topological polar surface area (TPSA) is 68.0 Å². The number of hydrogen-bond donors (Lipinski definition) is 2. The summed E-state index contributed by atoms with van der Waals surface area (Å²) in [6.45, 7) is 6.94. The predicted octanol–water partition coefficient (Wildman–Crippen LogP) is 2.72. The maximum absolute atomic E-state index is 11.4. The fourth-order valence-corrected chi connectivity index (χ4v) is 2.42. The number of carbonyl (C=O) groups is 1. The summed E-state index contributed by atoms with van der Waals surface area (Å²) in [4.78, 5) is 15.3. The average Bonchev–Trinajstić information content (AvgIpc) is 2.37. The molecule has 4 nitrogen and oxygen atoms in total. The van der Waals surface area contributed by atoms with Crippen LogP contribution < -0.4 is 11.1 Å². The van der Waals surface area contributed by atoms with E-state index in [0.29, 0.717) is 17.8 Å². The minimum atomic E-state index is -0.474. The number of rotatable bonds is 4. The van der Waals surface area contributed by atoms with E-state index >= 15 is 0 Å². The van der Waals surface area contributed by atoms with Crippen LogP contribution in [0.15, 0.2) is 30.6 Å². The quantitative estimate of drug-likeness (QED) is 0.896. The van der Waals surface area contributed by atoms with E-state index in [0.717, 1.165) is 0 Å². The van der Waals surface area contributed by atoms with Crippen molar-refractivity contribution >= 4 is 11.6 Å². The number of amides is 1. The number of aryl methyl sites for hydroxylation is 3. The van der Waals surface area contributed by atoms with Crippen molar-refractivity contribution in [2.45, 2.75) is 27.3 Å². The molecule has 0 radical (unpaired) electrons. The van der Waals surface area contributed by atoms with Crippen LogP contribution in [0.2, 0.25) is 0 Å². The highest BCUT2D eigenvalue weighted by Gasteiger charge is 2.09. The Morgan fingerprint density at radius 2 is 1.90 bits per heavy atom. The summed E-state index contributed by atoms with van der Waals surface area (Å²) in [5, 5.41) is 3.27. The summed E-state index contributed by atoms with van der Waals surface area (Å²) in [7, 11) is 0. The van der Waals surface area contributed by atoms with E-state index in [4.69, 9.17) is 5.73 Å². The van der Waals surface area contributed by atoms with Crippen LogP contribution in [0, 0.1) is 20.8 Å². The fourth-order valence-electron chi connectivity index (χ4n) is 2.42. The number of carbonyl (C=O) groups excluding carboxylic acids is 1. The van der Waals surface area contributed by atoms with Gasteiger partial charge in [-0.3, -0.25) is 9.78 Å². The van der Waals surface area contributed by atoms with E-state index in [-0.39, 0.29) is 0 Å². The molecule has 1 heterocycles. The van der Waals surface area contributed by atoms with Crippen molar-refractivity contribution in [1.29, 1.82) is 0 Å². The molecule has 0 unspecified atom stereocenters. The van der Waals surface area contributed by atoms with E-state index in [1.165, 1.54) is 28.5 Å². The molecule has 2 aromatic rings. The third-order valence-corrected chi connectivity index (χ3v) is 3.38. The first kappa shape index (κ1) is 14.1. The van der Waals surface area contributed by atoms with Crippen LogP contribution in [0.3, 0.4) is 0 Å². The lowest BCUT2D eigenvalue weighted by Gasteiger charge is -2.14. The molecule has 0 bridgehead atoms. The molecule has 3 N–H and O–H groups in total. The molecule has 0 spiro atoms. The molecule has 1 amide bonds. The second kappa shape index (κ2) is 5.74. The Morgan fingerprint density at radius 3 is 2.50 bits per heavy atom. The Morgan fingerprint density at radius 1 is 1.25 bits per heavy atom. The van der Waals surface area contributed by atoms with Gasteiger partial charge in [0.2, 0.25) is 0 Å². The van der Waals surface area contributed by atoms with Crippen LogP contribution in [0.25, 0.3) is 0 Å². The van der Waals surface area contributed by atoms with Crippen molar-refractivity contribution in [3.8, 4) is 0 Å². The van der Waals surface area contributed by atoms with Crippen molar-refractivity contribution in [3.05, 3.63) is 58.4 Å². The first-order valence-corrected chi connectivity index (χ1v) is 6.53. The van der Waals surface area contributed by atoms with Gasteiger partial charge < -0.3 is 11.1 Å². The molecule has 0 saturated carbocycles. The highest BCUT2D eigenvalue weighted by Crippen LogP contribution is 2.19. The Bertz CT molecular complexity index is 627. The molecule has 0 aliphatic carbocycles. The van der Waals surface area contributed by atoms with E-state index in [9.17, 15) is 4.79 Å². The summed E-state index contributed by atoms with van der Waals surface area (Å²) >= 11 is 0. The third-order valence-electron chi connectivity index (χ3n) is 3.38. The summed E-state index contributed by atoms with van der Waals surface area (Å²) in [6, 6.07) is 6.08. The van der Waals surface area contributed by atoms with E-state index in [1.54, 1.807) is 12.3 Å². The van der Waals surface area contributed by atoms with Crippen LogP contribution in [0.5, 0.6) is 0 Å². The smallest absolute Gasteiger partial charge is 0.252 e. The van der Waals surface area contributed by atoms with Crippen LogP contribution in [0.4, 0.5) is 5.69 Å². The van der Waals surface area contributed by atoms with Gasteiger partial charge >= 0.3 is 0 Å². The van der Waals surface area contributed by atoms with E-state index in [2.05, 4.69) is 43.2 Å². The molecule has 0 fully saturated rings. The molecular weight excluding hydrogens is 250 g/mol. The number of hydrogen-bond acceptors (Lipinski definition) is 3. The number of nitrogens with one attached hydrogen (secondary N) is 1. The van der Waals surface area contributed by atoms with Gasteiger partial charge in [-0.1, -0.05) is 17.7 Å². The minimum Gasteiger partial charge on any atom is -0.380 e. The van der Waals surface area contributed by atoms with Gasteiger partial charge in [-0.05, 0) is 43.5 Å². The highest BCUT2D eigenvalue weighted by atomic mass is 16.1. The molecule has 0 aliphatic rings. The monoisotopic (exact) mass is 269 g/mol. The van der Waals surface area contributed by atoms with E-state index in [1.807, 2.05) is 0 Å². The van der Waals surface area contributed by atoms with Gasteiger partial charge in [0, 0.05) is 18.9 Å². The second-order valence-corrected chi connectivity index (χ2v) is 5.02. The molecule has 0 saturated heterocycles. The van der Waals surface area contributed by atoms with Crippen molar-refractivity contribution in [2.24, 2.45) is 5.73 Å². The SMILES string of the molecule is Cc1cc(C)c(CNc2ccncc2C(N)=O)c(C)c1. The molecule has 0 aliphatic heterocycles. The van der Waals surface area contributed by atoms with Gasteiger partial charge in [-0.25, -0.2) is 0 Å². The largest absolute Gasteiger partial charge is 0.380 e. The Balaban J connectivity index is 2.24. The van der Waals surface area contributed by atoms with Crippen molar-refractivity contribution in [3.63, 3.8) is 0 Å². The lowest BCUT2D eigenvalue weighted by molar-refractivity contribution is 0.100. The lowest BCUT2D eigenvalue weighted by atomic mass is 10.00. The van der Waals surface area contributed by atoms with Crippen LogP contribution in [-0.4, -0.2) is 10.9 Å². The first-order chi connectivity index (χ1) is 9.49. The summed E-state index contributed by atoms with van der Waals surface area (Å²) in [5.74, 6) is -0.474. The Labute approximate surface area is 119 Å². The van der Waals surface area contributed by atoms with Gasteiger partial charge in [0.25, 0.3) is 5.91 Å². The normalized spacial score (nSPS) is 10.3. The Hall–Kier alpha value is -2.36. The number of nitrogens with two attached hydrogens (primary N) is 1. The molecule has 1 aromatic carbocycles. The third kappa shape index (κ3) is 2.96. The lowest BCUT2D eigenvalue weighted by Crippen LogP contribution is -2.15. The molecule has 20 heavy (non-hydrogen) atoms. The molecular formula is C16H19N3O. The summed E-state index contributed by atoms with van der Waals surface area (Å²) in [5.41, 5.74) is 11.4. The van der Waals surface area contributed by atoms with Crippen molar-refractivity contribution < 1.29 is 4.79 Å². The van der Waals surface area contributed by atoms with Gasteiger partial charge in [-0.2, -0.15) is 0 Å². The second-order valence-electron chi connectivity index (χ2n) is 5.02. The Kier molecular flexibility index (Phi) is 4.03.